The van der Waals surface area contributed by atoms with Crippen molar-refractivity contribution in [1.29, 1.82) is 0 Å². The van der Waals surface area contributed by atoms with E-state index < -0.39 is 20.8 Å². The molecule has 2 unspecified atom stereocenters. The Morgan fingerprint density at radius 1 is 1.08 bits per heavy atom. The molecule has 26 heavy (non-hydrogen) atoms. The van der Waals surface area contributed by atoms with Gasteiger partial charge in [-0.05, 0) is 54.5 Å². The zero-order valence-electron chi connectivity index (χ0n) is 15.3. The Kier molecular flexibility index (Phi) is 9.39. The van der Waals surface area contributed by atoms with Crippen LogP contribution >= 0.6 is 17.0 Å². The Morgan fingerprint density at radius 2 is 1.73 bits per heavy atom. The third kappa shape index (κ3) is 6.22. The van der Waals surface area contributed by atoms with Crippen LogP contribution in [0, 0.1) is 12.8 Å². The van der Waals surface area contributed by atoms with E-state index in [1.54, 1.807) is 0 Å². The maximum atomic E-state index is 10.4. The van der Waals surface area contributed by atoms with Gasteiger partial charge in [0.05, 0.1) is 6.04 Å². The fourth-order valence-electron chi connectivity index (χ4n) is 3.40. The van der Waals surface area contributed by atoms with E-state index in [4.69, 9.17) is 22.0 Å². The van der Waals surface area contributed by atoms with Gasteiger partial charge in [-0.1, -0.05) is 50.1 Å². The fourth-order valence-corrected chi connectivity index (χ4v) is 3.40. The molecule has 0 aliphatic heterocycles. The summed E-state index contributed by atoms with van der Waals surface area (Å²) in [6.07, 6.45) is 6.89. The Balaban J connectivity index is 0.000000758. The van der Waals surface area contributed by atoms with Crippen LogP contribution < -0.4 is 0 Å². The minimum absolute atomic E-state index is 0.344. The predicted octanol–water partition coefficient (Wildman–Crippen LogP) is 6.74. The van der Waals surface area contributed by atoms with Gasteiger partial charge < -0.3 is 5.11 Å². The van der Waals surface area contributed by atoms with Gasteiger partial charge in [-0.15, -0.1) is 0 Å². The predicted molar refractivity (Wildman–Crippen MR) is 109 cm³/mol. The van der Waals surface area contributed by atoms with Crippen molar-refractivity contribution >= 4 is 23.2 Å². The third-order valence-corrected chi connectivity index (χ3v) is 4.91. The van der Waals surface area contributed by atoms with Gasteiger partial charge in [0.2, 0.25) is 0 Å². The number of phenolic OH excluding ortho intramolecular Hbond substituents is 1. The molecule has 5 heteroatoms. The summed E-state index contributed by atoms with van der Waals surface area (Å²) in [6, 6.07) is 14.7. The molecular formula is C21H25Cl2NOZr. The van der Waals surface area contributed by atoms with Gasteiger partial charge in [-0.25, -0.2) is 0 Å². The van der Waals surface area contributed by atoms with E-state index >= 15 is 0 Å². The zero-order valence-corrected chi connectivity index (χ0v) is 19.2. The molecule has 1 fully saturated rings. The first-order chi connectivity index (χ1) is 12.6. The molecule has 0 radical (unpaired) electrons. The SMILES string of the molecule is Cc1cc(-c2ccccc2)cc(C=NC2CCCCC2C)c1O.[Cl][Zr][Cl]. The van der Waals surface area contributed by atoms with E-state index in [-0.39, 0.29) is 0 Å². The van der Waals surface area contributed by atoms with E-state index in [9.17, 15) is 5.11 Å². The molecule has 3 rings (SSSR count). The van der Waals surface area contributed by atoms with Crippen molar-refractivity contribution in [1.82, 2.24) is 0 Å². The topological polar surface area (TPSA) is 32.6 Å². The van der Waals surface area contributed by atoms with Gasteiger partial charge in [0.25, 0.3) is 0 Å². The number of rotatable bonds is 3. The number of aryl methyl sites for hydroxylation is 1. The van der Waals surface area contributed by atoms with Crippen LogP contribution in [0.25, 0.3) is 11.1 Å². The van der Waals surface area contributed by atoms with Crippen molar-refractivity contribution in [3.63, 3.8) is 0 Å². The van der Waals surface area contributed by atoms with Gasteiger partial charge in [0, 0.05) is 11.8 Å². The number of nitrogens with zero attached hydrogens (tertiary/aromatic N) is 1. The Hall–Kier alpha value is -0.627. The summed E-state index contributed by atoms with van der Waals surface area (Å²) < 4.78 is 0. The summed E-state index contributed by atoms with van der Waals surface area (Å²) in [7, 11) is 9.87. The monoisotopic (exact) mass is 467 g/mol. The van der Waals surface area contributed by atoms with E-state index in [2.05, 4.69) is 19.1 Å². The zero-order chi connectivity index (χ0) is 18.9. The molecule has 0 bridgehead atoms. The number of hydrogen-bond donors (Lipinski definition) is 1. The Labute approximate surface area is 175 Å². The van der Waals surface area contributed by atoms with Crippen LogP contribution in [0.5, 0.6) is 5.75 Å². The summed E-state index contributed by atoms with van der Waals surface area (Å²) in [5.74, 6) is 0.984. The first kappa shape index (κ1) is 21.7. The van der Waals surface area contributed by atoms with Crippen molar-refractivity contribution in [3.05, 3.63) is 53.6 Å². The summed E-state index contributed by atoms with van der Waals surface area (Å²) in [4.78, 5) is 4.79. The number of aliphatic imine (C=N–C) groups is 1. The molecule has 1 aliphatic carbocycles. The molecule has 0 spiro atoms. The van der Waals surface area contributed by atoms with Crippen LogP contribution in [-0.2, 0) is 20.8 Å². The van der Waals surface area contributed by atoms with Crippen LogP contribution in [-0.4, -0.2) is 17.4 Å². The van der Waals surface area contributed by atoms with Crippen LogP contribution in [0.2, 0.25) is 0 Å². The van der Waals surface area contributed by atoms with Crippen LogP contribution in [0.3, 0.4) is 0 Å². The van der Waals surface area contributed by atoms with Gasteiger partial charge in [-0.3, -0.25) is 4.99 Å². The summed E-state index contributed by atoms with van der Waals surface area (Å²) in [5, 5.41) is 10.4. The Morgan fingerprint density at radius 3 is 2.38 bits per heavy atom. The first-order valence-corrected chi connectivity index (χ1v) is 15.3. The van der Waals surface area contributed by atoms with Gasteiger partial charge >= 0.3 is 37.9 Å². The van der Waals surface area contributed by atoms with Crippen molar-refractivity contribution < 1.29 is 26.0 Å². The average molecular weight is 470 g/mol. The van der Waals surface area contributed by atoms with E-state index in [1.807, 2.05) is 43.5 Å². The first-order valence-electron chi connectivity index (χ1n) is 8.95. The van der Waals surface area contributed by atoms with Gasteiger partial charge in [0.1, 0.15) is 5.75 Å². The second-order valence-corrected chi connectivity index (χ2v) is 10.5. The van der Waals surface area contributed by atoms with Crippen molar-refractivity contribution in [2.45, 2.75) is 45.6 Å². The molecule has 0 saturated heterocycles. The molecule has 2 aromatic rings. The van der Waals surface area contributed by atoms with Crippen molar-refractivity contribution in [2.24, 2.45) is 10.9 Å². The van der Waals surface area contributed by atoms with Crippen LogP contribution in [0.1, 0.15) is 43.7 Å². The second-order valence-electron chi connectivity index (χ2n) is 6.78. The van der Waals surface area contributed by atoms with E-state index in [0.29, 0.717) is 17.7 Å². The quantitative estimate of drug-likeness (QED) is 0.496. The molecule has 1 aliphatic rings. The molecule has 2 nitrogen and oxygen atoms in total. The maximum absolute atomic E-state index is 10.4. The molecule has 1 saturated carbocycles. The fraction of sp³-hybridized carbons (Fsp3) is 0.381. The summed E-state index contributed by atoms with van der Waals surface area (Å²) in [5.41, 5.74) is 4.00. The number of halogens is 2. The number of aromatic hydroxyl groups is 1. The van der Waals surface area contributed by atoms with E-state index in [1.165, 1.54) is 19.3 Å². The molecule has 138 valence electrons. The number of benzene rings is 2. The molecule has 1 N–H and O–H groups in total. The standard InChI is InChI=1S/C21H25NO.2ClH.Zr/c1-15-8-6-7-11-20(15)22-14-19-13-18(12-16(2)21(19)23)17-9-4-3-5-10-17;;;/h3-5,9-10,12-15,20,23H,6-8,11H2,1-2H3;2*1H;/q;;;+2/p-2. The summed E-state index contributed by atoms with van der Waals surface area (Å²) in [6.45, 7) is 4.23. The molecule has 0 amide bonds. The minimum atomic E-state index is -0.826. The number of phenols is 1. The molecule has 2 atom stereocenters. The average Bonchev–Trinajstić information content (AvgIpc) is 2.65. The van der Waals surface area contributed by atoms with Crippen molar-refractivity contribution in [3.8, 4) is 16.9 Å². The molecular weight excluding hydrogens is 444 g/mol. The van der Waals surface area contributed by atoms with Crippen molar-refractivity contribution in [2.75, 3.05) is 0 Å². The Bertz CT molecular complexity index is 721. The third-order valence-electron chi connectivity index (χ3n) is 4.91. The van der Waals surface area contributed by atoms with Crippen LogP contribution in [0.15, 0.2) is 47.5 Å². The van der Waals surface area contributed by atoms with Crippen LogP contribution in [0.4, 0.5) is 0 Å². The molecule has 0 heterocycles. The normalized spacial score (nSPS) is 19.7. The summed E-state index contributed by atoms with van der Waals surface area (Å²) >= 11 is -0.826. The van der Waals surface area contributed by atoms with E-state index in [0.717, 1.165) is 28.7 Å². The molecule has 0 aromatic heterocycles. The van der Waals surface area contributed by atoms with Gasteiger partial charge in [-0.2, -0.15) is 0 Å². The second kappa shape index (κ2) is 11.3. The molecule has 2 aromatic carbocycles. The van der Waals surface area contributed by atoms with Gasteiger partial charge in [0.15, 0.2) is 0 Å². The number of hydrogen-bond acceptors (Lipinski definition) is 2.